The minimum absolute atomic E-state index is 0.00942. The van der Waals surface area contributed by atoms with E-state index in [-0.39, 0.29) is 69.0 Å². The Morgan fingerprint density at radius 1 is 1.20 bits per heavy atom. The van der Waals surface area contributed by atoms with Crippen LogP contribution >= 0.6 is 11.6 Å². The van der Waals surface area contributed by atoms with Gasteiger partial charge in [-0.3, -0.25) is 0 Å². The predicted octanol–water partition coefficient (Wildman–Crippen LogP) is 7.46. The van der Waals surface area contributed by atoms with Crippen molar-refractivity contribution >= 4 is 45.4 Å². The number of aromatic nitrogens is 4. The van der Waals surface area contributed by atoms with Gasteiger partial charge < -0.3 is 24.2 Å². The SMILES string of the molecule is COc1c(Cl)cccc1-c1c(C(F)(F)F)cc2c(nc(N3CC(C)(N(C)C)C3)c3nnn([C@H]4CCN(C(=O)OC(C)(C)C)[C@H](CC#N)C4)c32)c1F. The number of anilines is 1. The third-order valence-electron chi connectivity index (χ3n) is 9.80. The van der Waals surface area contributed by atoms with E-state index in [0.29, 0.717) is 19.5 Å². The number of fused-ring (bicyclic) bond motifs is 3. The number of nitriles is 1. The number of carbonyl (C=O) groups excluding carboxylic acids is 1. The number of benzene rings is 2. The normalized spacial score (nSPS) is 19.4. The number of likely N-dealkylation sites (N-methyl/N-ethyl adjacent to an activating group) is 1. The summed E-state index contributed by atoms with van der Waals surface area (Å²) < 4.78 is 74.4. The third kappa shape index (κ3) is 6.48. The molecule has 272 valence electrons. The predicted molar refractivity (Wildman–Crippen MR) is 184 cm³/mol. The number of ether oxygens (including phenoxy) is 2. The van der Waals surface area contributed by atoms with Gasteiger partial charge in [0.25, 0.3) is 0 Å². The molecule has 2 aromatic heterocycles. The van der Waals surface area contributed by atoms with Gasteiger partial charge in [0, 0.05) is 36.1 Å². The average Bonchev–Trinajstić information content (AvgIpc) is 3.47. The lowest BCUT2D eigenvalue weighted by Crippen LogP contribution is -2.67. The quantitative estimate of drug-likeness (QED) is 0.187. The van der Waals surface area contributed by atoms with E-state index in [1.54, 1.807) is 20.8 Å². The first-order valence-electron chi connectivity index (χ1n) is 16.5. The summed E-state index contributed by atoms with van der Waals surface area (Å²) in [7, 11) is 5.14. The third-order valence-corrected chi connectivity index (χ3v) is 10.1. The fraction of sp³-hybridized carbons (Fsp3) is 0.514. The highest BCUT2D eigenvalue weighted by atomic mass is 35.5. The minimum Gasteiger partial charge on any atom is -0.495 e. The largest absolute Gasteiger partial charge is 0.495 e. The first-order valence-corrected chi connectivity index (χ1v) is 16.9. The van der Waals surface area contributed by atoms with Crippen LogP contribution in [0.25, 0.3) is 33.1 Å². The molecule has 0 radical (unpaired) electrons. The highest BCUT2D eigenvalue weighted by Crippen LogP contribution is 2.48. The standard InChI is InChI=1S/C35H39ClF4N8O3/c1-33(2,3)51-32(49)47-14-12-20(15-19(47)11-13-41)48-29-22-16-23(35(38,39)40)25(21-9-8-10-24(36)30(21)50-7)26(37)27(22)42-31(28(29)43-44-48)46-17-34(4,18-46)45(5)6/h8-10,16,19-20H,11-12,14-15,17-18H2,1-7H3/t19-,20+/m1/s1. The van der Waals surface area contributed by atoms with Crippen LogP contribution in [0.4, 0.5) is 28.2 Å². The molecule has 51 heavy (non-hydrogen) atoms. The average molecular weight is 731 g/mol. The number of hydrogen-bond acceptors (Lipinski definition) is 9. The second-order valence-corrected chi connectivity index (χ2v) is 15.0. The van der Waals surface area contributed by atoms with Gasteiger partial charge in [-0.15, -0.1) is 5.10 Å². The molecule has 0 N–H and O–H groups in total. The van der Waals surface area contributed by atoms with Crippen molar-refractivity contribution < 1.29 is 31.8 Å². The molecule has 0 spiro atoms. The number of hydrogen-bond donors (Lipinski definition) is 0. The minimum atomic E-state index is -5.00. The highest BCUT2D eigenvalue weighted by Gasteiger charge is 2.44. The molecule has 0 bridgehead atoms. The molecule has 2 atom stereocenters. The van der Waals surface area contributed by atoms with Crippen molar-refractivity contribution in [2.45, 2.75) is 76.4 Å². The maximum absolute atomic E-state index is 17.1. The Kier molecular flexibility index (Phi) is 9.25. The number of alkyl halides is 3. The molecule has 2 aromatic carbocycles. The molecule has 11 nitrogen and oxygen atoms in total. The van der Waals surface area contributed by atoms with Crippen molar-refractivity contribution in [3.8, 4) is 22.9 Å². The van der Waals surface area contributed by atoms with Crippen LogP contribution < -0.4 is 9.64 Å². The maximum Gasteiger partial charge on any atom is 0.417 e. The van der Waals surface area contributed by atoms with Crippen LogP contribution in [0.2, 0.25) is 5.02 Å². The van der Waals surface area contributed by atoms with Crippen molar-refractivity contribution in [1.82, 2.24) is 29.8 Å². The van der Waals surface area contributed by atoms with E-state index in [1.807, 2.05) is 19.0 Å². The zero-order valence-electron chi connectivity index (χ0n) is 29.4. The lowest BCUT2D eigenvalue weighted by molar-refractivity contribution is -0.137. The summed E-state index contributed by atoms with van der Waals surface area (Å²) in [5.41, 5.74) is -3.08. The number of pyridine rings is 1. The number of nitrogens with zero attached hydrogens (tertiary/aromatic N) is 8. The topological polar surface area (TPSA) is 113 Å². The summed E-state index contributed by atoms with van der Waals surface area (Å²) in [4.78, 5) is 23.2. The van der Waals surface area contributed by atoms with Gasteiger partial charge in [0.2, 0.25) is 0 Å². The summed E-state index contributed by atoms with van der Waals surface area (Å²) in [6.07, 6.45) is -5.01. The number of methoxy groups -OCH3 is 1. The van der Waals surface area contributed by atoms with Crippen LogP contribution in [0.15, 0.2) is 24.3 Å². The fourth-order valence-electron chi connectivity index (χ4n) is 6.98. The van der Waals surface area contributed by atoms with E-state index in [0.717, 1.165) is 6.07 Å². The van der Waals surface area contributed by atoms with E-state index in [1.165, 1.54) is 34.9 Å². The molecule has 2 saturated heterocycles. The summed E-state index contributed by atoms with van der Waals surface area (Å²) in [6, 6.07) is 6.13. The van der Waals surface area contributed by atoms with Gasteiger partial charge in [-0.25, -0.2) is 18.9 Å². The molecule has 1 amide bonds. The molecule has 0 unspecified atom stereocenters. The molecule has 0 aliphatic carbocycles. The van der Waals surface area contributed by atoms with Crippen LogP contribution in [-0.4, -0.2) is 93.9 Å². The molecule has 2 aliphatic rings. The number of carbonyl (C=O) groups is 1. The number of para-hydroxylation sites is 1. The number of rotatable bonds is 6. The van der Waals surface area contributed by atoms with Gasteiger partial charge in [-0.1, -0.05) is 28.9 Å². The van der Waals surface area contributed by atoms with Crippen LogP contribution in [0.5, 0.6) is 5.75 Å². The lowest BCUT2D eigenvalue weighted by Gasteiger charge is -2.52. The molecule has 4 aromatic rings. The Bertz CT molecular complexity index is 2050. The Hall–Kier alpha value is -4.42. The highest BCUT2D eigenvalue weighted by molar-refractivity contribution is 6.32. The Morgan fingerprint density at radius 3 is 2.51 bits per heavy atom. The smallest absolute Gasteiger partial charge is 0.417 e. The number of halogens is 5. The number of piperidine rings is 1. The Labute approximate surface area is 297 Å². The van der Waals surface area contributed by atoms with Gasteiger partial charge >= 0.3 is 12.3 Å². The van der Waals surface area contributed by atoms with Crippen LogP contribution in [0, 0.1) is 17.1 Å². The van der Waals surface area contributed by atoms with E-state index < -0.39 is 46.9 Å². The second-order valence-electron chi connectivity index (χ2n) is 14.6. The zero-order chi connectivity index (χ0) is 37.2. The van der Waals surface area contributed by atoms with Crippen LogP contribution in [0.1, 0.15) is 58.6 Å². The van der Waals surface area contributed by atoms with E-state index in [9.17, 15) is 23.2 Å². The fourth-order valence-corrected chi connectivity index (χ4v) is 7.23. The molecule has 6 rings (SSSR count). The maximum atomic E-state index is 17.1. The molecular formula is C35H39ClF4N8O3. The van der Waals surface area contributed by atoms with Crippen LogP contribution in [0.3, 0.4) is 0 Å². The van der Waals surface area contributed by atoms with E-state index >= 15 is 4.39 Å². The molecule has 16 heteroatoms. The molecular weight excluding hydrogens is 692 g/mol. The summed E-state index contributed by atoms with van der Waals surface area (Å²) in [5, 5.41) is 18.4. The monoisotopic (exact) mass is 730 g/mol. The Balaban J connectivity index is 1.58. The van der Waals surface area contributed by atoms with Gasteiger partial charge in [-0.2, -0.15) is 18.4 Å². The zero-order valence-corrected chi connectivity index (χ0v) is 30.2. The van der Waals surface area contributed by atoms with Crippen molar-refractivity contribution in [2.75, 3.05) is 45.7 Å². The molecule has 0 saturated carbocycles. The van der Waals surface area contributed by atoms with Crippen molar-refractivity contribution in [3.63, 3.8) is 0 Å². The number of likely N-dealkylation sites (tertiary alicyclic amines) is 1. The summed E-state index contributed by atoms with van der Waals surface area (Å²) in [6.45, 7) is 8.49. The summed E-state index contributed by atoms with van der Waals surface area (Å²) >= 11 is 6.30. The molecule has 2 fully saturated rings. The Morgan fingerprint density at radius 2 is 1.90 bits per heavy atom. The molecule has 2 aliphatic heterocycles. The van der Waals surface area contributed by atoms with Crippen molar-refractivity contribution in [1.29, 1.82) is 5.26 Å². The van der Waals surface area contributed by atoms with Crippen molar-refractivity contribution in [3.05, 3.63) is 40.7 Å². The van der Waals surface area contributed by atoms with Gasteiger partial charge in [0.05, 0.1) is 47.8 Å². The van der Waals surface area contributed by atoms with Gasteiger partial charge in [0.15, 0.2) is 17.2 Å². The molecule has 4 heterocycles. The van der Waals surface area contributed by atoms with Gasteiger partial charge in [-0.05, 0) is 66.8 Å². The number of amides is 1. The first kappa shape index (κ1) is 36.4. The van der Waals surface area contributed by atoms with Gasteiger partial charge in [0.1, 0.15) is 22.4 Å². The van der Waals surface area contributed by atoms with E-state index in [4.69, 9.17) is 21.1 Å². The first-order chi connectivity index (χ1) is 23.9. The second kappa shape index (κ2) is 13.0. The van der Waals surface area contributed by atoms with E-state index in [2.05, 4.69) is 33.2 Å². The van der Waals surface area contributed by atoms with Crippen LogP contribution in [-0.2, 0) is 10.9 Å². The van der Waals surface area contributed by atoms with Crippen molar-refractivity contribution in [2.24, 2.45) is 0 Å². The summed E-state index contributed by atoms with van der Waals surface area (Å²) in [5.74, 6) is -1.03. The lowest BCUT2D eigenvalue weighted by atomic mass is 9.90.